The first-order chi connectivity index (χ1) is 39.3. The van der Waals surface area contributed by atoms with Gasteiger partial charge in [-0.1, -0.05) is 70.2 Å². The summed E-state index contributed by atoms with van der Waals surface area (Å²) in [7, 11) is 0. The molecule has 8 atom stereocenters. The van der Waals surface area contributed by atoms with Gasteiger partial charge >= 0.3 is 0 Å². The lowest BCUT2D eigenvalue weighted by molar-refractivity contribution is -0.130. The highest BCUT2D eigenvalue weighted by molar-refractivity contribution is 5.83. The van der Waals surface area contributed by atoms with E-state index >= 15 is 0 Å². The number of carbonyl (C=O) groups excluding carboxylic acids is 10. The van der Waals surface area contributed by atoms with E-state index in [-0.39, 0.29) is 166 Å². The summed E-state index contributed by atoms with van der Waals surface area (Å²) in [5, 5.41) is 16.0. The van der Waals surface area contributed by atoms with Gasteiger partial charge in [-0.2, -0.15) is 0 Å². The van der Waals surface area contributed by atoms with Crippen LogP contribution in [0.3, 0.4) is 0 Å². The fourth-order valence-electron chi connectivity index (χ4n) is 7.17. The van der Waals surface area contributed by atoms with Crippen molar-refractivity contribution in [2.24, 2.45) is 70.3 Å². The average Bonchev–Trinajstić information content (AvgIpc) is 3.58. The van der Waals surface area contributed by atoms with Gasteiger partial charge in [0.25, 0.3) is 0 Å². The van der Waals surface area contributed by atoms with Gasteiger partial charge in [0.05, 0.1) is 64.1 Å². The molecular weight excluding hydrogens is 1120 g/mol. The molecule has 0 aromatic rings. The van der Waals surface area contributed by atoms with Crippen molar-refractivity contribution in [3.8, 4) is 0 Å². The molecule has 0 rings (SSSR count). The molecule has 26 heteroatoms. The Balaban J connectivity index is -0.000000248. The molecule has 26 nitrogen and oxygen atoms in total. The van der Waals surface area contributed by atoms with E-state index in [0.717, 1.165) is 0 Å². The molecule has 0 aromatic carbocycles. The third-order valence-corrected chi connectivity index (χ3v) is 12.6. The predicted molar refractivity (Wildman–Crippen MR) is 335 cm³/mol. The molecule has 0 saturated heterocycles. The van der Waals surface area contributed by atoms with Crippen LogP contribution in [0.2, 0.25) is 0 Å². The van der Waals surface area contributed by atoms with Crippen molar-refractivity contribution in [2.45, 2.75) is 201 Å². The van der Waals surface area contributed by atoms with E-state index in [1.54, 1.807) is 27.7 Å². The fourth-order valence-corrected chi connectivity index (χ4v) is 7.17. The van der Waals surface area contributed by atoms with Gasteiger partial charge in [0.1, 0.15) is 19.9 Å². The molecule has 0 spiro atoms. The molecule has 0 aliphatic carbocycles. The molecule has 0 saturated carbocycles. The fraction of sp³-hybridized carbons (Fsp3) is 0.833. The van der Waals surface area contributed by atoms with Gasteiger partial charge in [-0.3, -0.25) is 47.9 Å². The molecule has 14 N–H and O–H groups in total. The summed E-state index contributed by atoms with van der Waals surface area (Å²) in [5.41, 5.74) is 21.1. The van der Waals surface area contributed by atoms with Crippen molar-refractivity contribution in [3.63, 3.8) is 0 Å². The quantitative estimate of drug-likeness (QED) is 0.0307. The SMILES string of the molecule is C.C.CCC(CC(C)C(=O)NCCOCCNC(=O)COC(C)C)C(N)=O.CCC(CC(C)C(=O)NCCOCCOC(C)C)C(N)=O.CCC(CC(C)C(=O)NCNC(=O)COC(C)C)C(N)=O.CCC(CC(C)C(=O)NCOC(C)C)C(N)=O. The molecule has 10 amide bonds. The largest absolute Gasteiger partial charge is 0.378 e. The van der Waals surface area contributed by atoms with Crippen molar-refractivity contribution in [1.29, 1.82) is 0 Å². The van der Waals surface area contributed by atoms with Gasteiger partial charge in [-0.25, -0.2) is 0 Å². The normalized spacial score (nSPS) is 13.4. The van der Waals surface area contributed by atoms with Crippen molar-refractivity contribution in [3.05, 3.63) is 0 Å². The molecular formula is C60H122N10O16. The first-order valence-electron chi connectivity index (χ1n) is 29.7. The lowest BCUT2D eigenvalue weighted by Gasteiger charge is -2.17. The Hall–Kier alpha value is -5.54. The summed E-state index contributed by atoms with van der Waals surface area (Å²) < 4.78 is 31.5. The topological polar surface area (TPSA) is 402 Å². The minimum atomic E-state index is -0.392. The summed E-state index contributed by atoms with van der Waals surface area (Å²) in [6, 6.07) is 0. The van der Waals surface area contributed by atoms with Crippen molar-refractivity contribution in [2.75, 3.05) is 79.3 Å². The van der Waals surface area contributed by atoms with Gasteiger partial charge < -0.3 is 83.3 Å². The van der Waals surface area contributed by atoms with Crippen LogP contribution in [0.5, 0.6) is 0 Å². The number of nitrogens with two attached hydrogens (primary N) is 4. The number of primary amides is 4. The monoisotopic (exact) mass is 1240 g/mol. The second-order valence-electron chi connectivity index (χ2n) is 21.6. The van der Waals surface area contributed by atoms with Crippen LogP contribution in [0.15, 0.2) is 0 Å². The zero-order chi connectivity index (χ0) is 65.3. The first kappa shape index (κ1) is 91.6. The minimum Gasteiger partial charge on any atom is -0.378 e. The van der Waals surface area contributed by atoms with Crippen molar-refractivity contribution >= 4 is 59.1 Å². The van der Waals surface area contributed by atoms with E-state index < -0.39 is 5.91 Å². The average molecular weight is 1240 g/mol. The summed E-state index contributed by atoms with van der Waals surface area (Å²) in [5.74, 6) is -4.58. The number of hydrogen-bond acceptors (Lipinski definition) is 16. The lowest BCUT2D eigenvalue weighted by atomic mass is 9.92. The number of amides is 10. The molecule has 0 heterocycles. The minimum absolute atomic E-state index is 0. The maximum absolute atomic E-state index is 11.9. The van der Waals surface area contributed by atoms with Crippen molar-refractivity contribution < 1.29 is 76.4 Å². The Morgan fingerprint density at radius 3 is 0.919 bits per heavy atom. The highest BCUT2D eigenvalue weighted by Gasteiger charge is 2.25. The van der Waals surface area contributed by atoms with Crippen molar-refractivity contribution in [1.82, 2.24) is 31.9 Å². The standard InChI is InChI=1S/C17H33N3O5.C15H30N2O4.C14H27N3O4.C12H24N2O3.2CH4/c1-5-14(16(18)22)10-13(4)17(23)20-7-9-24-8-6-19-15(21)11-25-12(2)3;1-5-13(14(16)18)10-12(4)15(19)17-6-7-20-8-9-21-11(2)3;1-5-11(13(15)19)6-10(4)14(20)17-8-16-12(18)7-21-9(2)3;1-5-10(11(13)15)6-9(4)12(16)14-7-17-8(2)3;;/h12-14H,5-11H2,1-4H3,(H2,18,22)(H,19,21)(H,20,23);11-13H,5-10H2,1-4H3,(H2,16,18)(H,17,19);9-11H,5-8H2,1-4H3,(H2,15,19)(H,16,18)(H,17,20);8-10H,5-7H2,1-4H3,(H2,13,15)(H,14,16);2*1H4. The molecule has 86 heavy (non-hydrogen) atoms. The van der Waals surface area contributed by atoms with Gasteiger partial charge in [-0.15, -0.1) is 0 Å². The molecule has 508 valence electrons. The second kappa shape index (κ2) is 57.2. The maximum atomic E-state index is 11.9. The van der Waals surface area contributed by atoms with Gasteiger partial charge in [0.15, 0.2) is 0 Å². The second-order valence-corrected chi connectivity index (χ2v) is 21.6. The van der Waals surface area contributed by atoms with Crippen LogP contribution in [-0.4, -0.2) is 163 Å². The smallest absolute Gasteiger partial charge is 0.247 e. The zero-order valence-electron chi connectivity index (χ0n) is 53.9. The molecule has 0 aliphatic rings. The highest BCUT2D eigenvalue weighted by Crippen LogP contribution is 2.18. The summed E-state index contributed by atoms with van der Waals surface area (Å²) in [4.78, 5) is 115. The summed E-state index contributed by atoms with van der Waals surface area (Å²) in [6.07, 6.45) is 4.66. The molecule has 0 aromatic heterocycles. The van der Waals surface area contributed by atoms with E-state index in [4.69, 9.17) is 51.4 Å². The Morgan fingerprint density at radius 1 is 0.337 bits per heavy atom. The molecule has 0 aliphatic heterocycles. The van der Waals surface area contributed by atoms with E-state index in [0.29, 0.717) is 104 Å². The zero-order valence-corrected chi connectivity index (χ0v) is 53.9. The predicted octanol–water partition coefficient (Wildman–Crippen LogP) is 3.71. The number of carbonyl (C=O) groups is 10. The molecule has 0 fully saturated rings. The molecule has 8 unspecified atom stereocenters. The molecule has 0 radical (unpaired) electrons. The Labute approximate surface area is 516 Å². The third kappa shape index (κ3) is 55.1. The van der Waals surface area contributed by atoms with Crippen LogP contribution < -0.4 is 54.8 Å². The summed E-state index contributed by atoms with van der Waals surface area (Å²) >= 11 is 0. The highest BCUT2D eigenvalue weighted by atomic mass is 16.5. The molecule has 0 bridgehead atoms. The third-order valence-electron chi connectivity index (χ3n) is 12.6. The number of hydrogen-bond donors (Lipinski definition) is 10. The van der Waals surface area contributed by atoms with E-state index in [1.165, 1.54) is 0 Å². The van der Waals surface area contributed by atoms with E-state index in [1.807, 2.05) is 83.1 Å². The van der Waals surface area contributed by atoms with E-state index in [2.05, 4.69) is 31.9 Å². The Kier molecular flexibility index (Phi) is 61.0. The Morgan fingerprint density at radius 2 is 0.616 bits per heavy atom. The van der Waals surface area contributed by atoms with Gasteiger partial charge in [0.2, 0.25) is 59.1 Å². The van der Waals surface area contributed by atoms with Gasteiger partial charge in [-0.05, 0) is 107 Å². The van der Waals surface area contributed by atoms with Crippen LogP contribution in [-0.2, 0) is 76.4 Å². The van der Waals surface area contributed by atoms with Crippen LogP contribution in [0, 0.1) is 47.3 Å². The lowest BCUT2D eigenvalue weighted by Crippen LogP contribution is -2.41. The summed E-state index contributed by atoms with van der Waals surface area (Å²) in [6.45, 7) is 33.4. The number of rotatable bonds is 44. The number of nitrogens with one attached hydrogen (secondary N) is 6. The van der Waals surface area contributed by atoms with Gasteiger partial charge in [0, 0.05) is 67.0 Å². The first-order valence-corrected chi connectivity index (χ1v) is 29.7. The van der Waals surface area contributed by atoms with Crippen LogP contribution in [0.1, 0.15) is 177 Å². The van der Waals surface area contributed by atoms with Crippen LogP contribution >= 0.6 is 0 Å². The number of ether oxygens (including phenoxy) is 6. The maximum Gasteiger partial charge on any atom is 0.247 e. The van der Waals surface area contributed by atoms with Crippen LogP contribution in [0.25, 0.3) is 0 Å². The van der Waals surface area contributed by atoms with Crippen LogP contribution in [0.4, 0.5) is 0 Å². The Bertz CT molecular complexity index is 1850. The van der Waals surface area contributed by atoms with E-state index in [9.17, 15) is 47.9 Å².